The average molecular weight is 292 g/mol. The summed E-state index contributed by atoms with van der Waals surface area (Å²) in [6, 6.07) is 3.27. The molecule has 0 aromatic carbocycles. The lowest BCUT2D eigenvalue weighted by Crippen LogP contribution is -2.45. The van der Waals surface area contributed by atoms with Crippen molar-refractivity contribution in [2.24, 2.45) is 0 Å². The molecule has 6 heteroatoms. The van der Waals surface area contributed by atoms with Crippen molar-refractivity contribution in [2.75, 3.05) is 25.0 Å². The summed E-state index contributed by atoms with van der Waals surface area (Å²) >= 11 is 0. The minimum absolute atomic E-state index is 0.112. The number of hydrogen-bond acceptors (Lipinski definition) is 3. The third kappa shape index (κ3) is 3.00. The molecule has 2 amide bonds. The number of carbonyl (C=O) groups is 1. The fourth-order valence-electron chi connectivity index (χ4n) is 3.39. The van der Waals surface area contributed by atoms with E-state index in [-0.39, 0.29) is 12.1 Å². The van der Waals surface area contributed by atoms with Gasteiger partial charge in [0, 0.05) is 25.2 Å². The van der Waals surface area contributed by atoms with Crippen molar-refractivity contribution < 1.29 is 9.18 Å². The zero-order valence-corrected chi connectivity index (χ0v) is 12.3. The standard InChI is InChI=1S/C15H21FN4O/c1-2-19-8-7-12-4-5-13(10-19)20(12)15(21)18-14-6-3-11(16)9-17-14/h3,6,9,12-13H,2,4-5,7-8,10H2,1H3,(H,17,18,21)/t12-,13+/m1/s1. The van der Waals surface area contributed by atoms with Gasteiger partial charge in [-0.3, -0.25) is 5.32 Å². The van der Waals surface area contributed by atoms with Crippen LogP contribution in [0.4, 0.5) is 15.0 Å². The molecule has 3 heterocycles. The lowest BCUT2D eigenvalue weighted by Gasteiger charge is -2.28. The van der Waals surface area contributed by atoms with E-state index in [1.54, 1.807) is 0 Å². The van der Waals surface area contributed by atoms with Crippen molar-refractivity contribution in [3.63, 3.8) is 0 Å². The van der Waals surface area contributed by atoms with E-state index in [9.17, 15) is 9.18 Å². The Morgan fingerprint density at radius 3 is 2.90 bits per heavy atom. The van der Waals surface area contributed by atoms with Gasteiger partial charge in [0.25, 0.3) is 0 Å². The van der Waals surface area contributed by atoms with Crippen molar-refractivity contribution in [1.82, 2.24) is 14.8 Å². The van der Waals surface area contributed by atoms with E-state index < -0.39 is 5.82 Å². The van der Waals surface area contributed by atoms with Crippen molar-refractivity contribution >= 4 is 11.8 Å². The van der Waals surface area contributed by atoms with Gasteiger partial charge in [-0.15, -0.1) is 0 Å². The third-order valence-electron chi connectivity index (χ3n) is 4.51. The first-order valence-corrected chi connectivity index (χ1v) is 7.60. The molecule has 1 aromatic heterocycles. The quantitative estimate of drug-likeness (QED) is 0.910. The summed E-state index contributed by atoms with van der Waals surface area (Å²) < 4.78 is 12.9. The number of halogens is 1. The molecular formula is C15H21FN4O. The van der Waals surface area contributed by atoms with E-state index in [0.29, 0.717) is 11.9 Å². The van der Waals surface area contributed by atoms with Crippen molar-refractivity contribution in [1.29, 1.82) is 0 Å². The number of aromatic nitrogens is 1. The van der Waals surface area contributed by atoms with Gasteiger partial charge in [-0.25, -0.2) is 14.2 Å². The fraction of sp³-hybridized carbons (Fsp3) is 0.600. The molecule has 1 N–H and O–H groups in total. The number of pyridine rings is 1. The number of nitrogens with one attached hydrogen (secondary N) is 1. The lowest BCUT2D eigenvalue weighted by atomic mass is 10.1. The maximum atomic E-state index is 12.9. The molecule has 0 spiro atoms. The smallest absolute Gasteiger partial charge is 0.317 e. The van der Waals surface area contributed by atoms with Crippen molar-refractivity contribution in [3.05, 3.63) is 24.1 Å². The van der Waals surface area contributed by atoms with Gasteiger partial charge in [0.15, 0.2) is 0 Å². The maximum Gasteiger partial charge on any atom is 0.323 e. The van der Waals surface area contributed by atoms with E-state index >= 15 is 0 Å². The first-order valence-electron chi connectivity index (χ1n) is 7.60. The monoisotopic (exact) mass is 292 g/mol. The summed E-state index contributed by atoms with van der Waals surface area (Å²) in [5.41, 5.74) is 0. The van der Waals surface area contributed by atoms with E-state index in [2.05, 4.69) is 22.1 Å². The van der Waals surface area contributed by atoms with Crippen LogP contribution in [-0.2, 0) is 0 Å². The number of fused-ring (bicyclic) bond motifs is 2. The van der Waals surface area contributed by atoms with E-state index in [1.165, 1.54) is 12.1 Å². The molecule has 2 fully saturated rings. The second kappa shape index (κ2) is 5.97. The number of amides is 2. The van der Waals surface area contributed by atoms with Gasteiger partial charge in [-0.1, -0.05) is 6.92 Å². The third-order valence-corrected chi connectivity index (χ3v) is 4.51. The zero-order chi connectivity index (χ0) is 14.8. The molecular weight excluding hydrogens is 271 g/mol. The van der Waals surface area contributed by atoms with E-state index in [4.69, 9.17) is 0 Å². The number of anilines is 1. The number of hydrogen-bond donors (Lipinski definition) is 1. The van der Waals surface area contributed by atoms with Crippen LogP contribution in [0.15, 0.2) is 18.3 Å². The summed E-state index contributed by atoms with van der Waals surface area (Å²) in [4.78, 5) is 20.8. The molecule has 2 aliphatic rings. The SMILES string of the molecule is CCN1CC[C@H]2CC[C@@H](C1)N2C(=O)Nc1ccc(F)cn1. The highest BCUT2D eigenvalue weighted by atomic mass is 19.1. The van der Waals surface area contributed by atoms with Crippen LogP contribution >= 0.6 is 0 Å². The summed E-state index contributed by atoms with van der Waals surface area (Å²) in [6.45, 7) is 5.18. The number of carbonyl (C=O) groups excluding carboxylic acids is 1. The highest BCUT2D eigenvalue weighted by Crippen LogP contribution is 2.30. The topological polar surface area (TPSA) is 48.5 Å². The Kier molecular flexibility index (Phi) is 4.05. The first-order chi connectivity index (χ1) is 10.2. The molecule has 0 radical (unpaired) electrons. The Labute approximate surface area is 124 Å². The number of likely N-dealkylation sites (N-methyl/N-ethyl adjacent to an activating group) is 1. The predicted molar refractivity (Wildman–Crippen MR) is 78.6 cm³/mol. The molecule has 0 aliphatic carbocycles. The molecule has 3 rings (SSSR count). The second-order valence-electron chi connectivity index (χ2n) is 5.77. The second-order valence-corrected chi connectivity index (χ2v) is 5.77. The minimum atomic E-state index is -0.401. The van der Waals surface area contributed by atoms with Gasteiger partial charge in [-0.05, 0) is 37.9 Å². The predicted octanol–water partition coefficient (Wildman–Crippen LogP) is 2.31. The van der Waals surface area contributed by atoms with Gasteiger partial charge in [0.05, 0.1) is 6.20 Å². The highest BCUT2D eigenvalue weighted by Gasteiger charge is 2.39. The lowest BCUT2D eigenvalue weighted by molar-refractivity contribution is 0.184. The average Bonchev–Trinajstić information content (AvgIpc) is 2.76. The van der Waals surface area contributed by atoms with Crippen LogP contribution in [0.2, 0.25) is 0 Å². The molecule has 0 saturated carbocycles. The summed E-state index contributed by atoms with van der Waals surface area (Å²) in [6.07, 6.45) is 4.28. The Bertz CT molecular complexity index is 507. The van der Waals surface area contributed by atoms with Crippen LogP contribution in [0.5, 0.6) is 0 Å². The van der Waals surface area contributed by atoms with Crippen molar-refractivity contribution in [3.8, 4) is 0 Å². The van der Waals surface area contributed by atoms with Crippen molar-refractivity contribution in [2.45, 2.75) is 38.3 Å². The Morgan fingerprint density at radius 2 is 2.19 bits per heavy atom. The van der Waals surface area contributed by atoms with Crippen LogP contribution in [-0.4, -0.2) is 52.5 Å². The number of urea groups is 1. The molecule has 0 unspecified atom stereocenters. The molecule has 2 bridgehead atoms. The van der Waals surface area contributed by atoms with Crippen LogP contribution in [0, 0.1) is 5.82 Å². The summed E-state index contributed by atoms with van der Waals surface area (Å²) in [7, 11) is 0. The van der Waals surface area contributed by atoms with Crippen LogP contribution < -0.4 is 5.32 Å². The van der Waals surface area contributed by atoms with Gasteiger partial charge in [0.1, 0.15) is 11.6 Å². The molecule has 21 heavy (non-hydrogen) atoms. The van der Waals surface area contributed by atoms with Crippen LogP contribution in [0.25, 0.3) is 0 Å². The molecule has 2 atom stereocenters. The fourth-order valence-corrected chi connectivity index (χ4v) is 3.39. The molecule has 114 valence electrons. The normalized spacial score (nSPS) is 25.7. The molecule has 5 nitrogen and oxygen atoms in total. The number of nitrogens with zero attached hydrogens (tertiary/aromatic N) is 3. The Morgan fingerprint density at radius 1 is 1.38 bits per heavy atom. The minimum Gasteiger partial charge on any atom is -0.317 e. The van der Waals surface area contributed by atoms with E-state index in [1.807, 2.05) is 4.90 Å². The molecule has 1 aromatic rings. The van der Waals surface area contributed by atoms with Gasteiger partial charge < -0.3 is 9.80 Å². The molecule has 2 aliphatic heterocycles. The summed E-state index contributed by atoms with van der Waals surface area (Å²) in [5, 5.41) is 2.79. The molecule has 2 saturated heterocycles. The van der Waals surface area contributed by atoms with Crippen LogP contribution in [0.1, 0.15) is 26.2 Å². The zero-order valence-electron chi connectivity index (χ0n) is 12.3. The number of likely N-dealkylation sites (tertiary alicyclic amines) is 1. The van der Waals surface area contributed by atoms with E-state index in [0.717, 1.165) is 45.1 Å². The highest BCUT2D eigenvalue weighted by molar-refractivity contribution is 5.89. The van der Waals surface area contributed by atoms with Crippen LogP contribution in [0.3, 0.4) is 0 Å². The Balaban J connectivity index is 1.70. The number of rotatable bonds is 2. The Hall–Kier alpha value is -1.69. The first kappa shape index (κ1) is 14.3. The van der Waals surface area contributed by atoms with Gasteiger partial charge in [-0.2, -0.15) is 0 Å². The summed E-state index contributed by atoms with van der Waals surface area (Å²) in [5.74, 6) is -0.00109. The largest absolute Gasteiger partial charge is 0.323 e. The maximum absolute atomic E-state index is 12.9. The van der Waals surface area contributed by atoms with Gasteiger partial charge >= 0.3 is 6.03 Å². The van der Waals surface area contributed by atoms with Gasteiger partial charge in [0.2, 0.25) is 0 Å².